The zero-order valence-corrected chi connectivity index (χ0v) is 13.7. The third-order valence-corrected chi connectivity index (χ3v) is 3.41. The number of hydrogen-bond acceptors (Lipinski definition) is 4. The molecule has 0 fully saturated rings. The predicted octanol–water partition coefficient (Wildman–Crippen LogP) is 1.97. The molecule has 0 heterocycles. The number of rotatable bonds is 7. The molecule has 5 nitrogen and oxygen atoms in total. The third kappa shape index (κ3) is 4.32. The van der Waals surface area contributed by atoms with Gasteiger partial charge in [0.15, 0.2) is 17.6 Å². The Hall–Kier alpha value is -1.82. The van der Waals surface area contributed by atoms with Crippen LogP contribution in [0.1, 0.15) is 26.3 Å². The zero-order valence-electron chi connectivity index (χ0n) is 12.9. The molecule has 1 aromatic rings. The van der Waals surface area contributed by atoms with E-state index in [0.29, 0.717) is 30.2 Å². The first-order valence-corrected chi connectivity index (χ1v) is 7.28. The molecule has 0 saturated heterocycles. The highest BCUT2D eigenvalue weighted by Crippen LogP contribution is 2.29. The molecule has 0 aliphatic carbocycles. The van der Waals surface area contributed by atoms with Gasteiger partial charge in [0, 0.05) is 18.7 Å². The largest absolute Gasteiger partial charge is 0.493 e. The summed E-state index contributed by atoms with van der Waals surface area (Å²) in [4.78, 5) is 14.2. The number of nitrogens with zero attached hydrogens (tertiary/aromatic N) is 1. The molecule has 6 heteroatoms. The molecule has 1 amide bonds. The predicted molar refractivity (Wildman–Crippen MR) is 86.9 cm³/mol. The second-order valence-electron chi connectivity index (χ2n) is 4.50. The van der Waals surface area contributed by atoms with Gasteiger partial charge in [-0.3, -0.25) is 4.79 Å². The van der Waals surface area contributed by atoms with Gasteiger partial charge >= 0.3 is 0 Å². The van der Waals surface area contributed by atoms with Crippen molar-refractivity contribution in [2.45, 2.75) is 26.9 Å². The molecule has 0 saturated carbocycles. The van der Waals surface area contributed by atoms with Crippen LogP contribution in [0.25, 0.3) is 0 Å². The van der Waals surface area contributed by atoms with Crippen LogP contribution in [-0.2, 0) is 4.79 Å². The van der Waals surface area contributed by atoms with Crippen LogP contribution in [0.4, 0.5) is 0 Å². The summed E-state index contributed by atoms with van der Waals surface area (Å²) in [6.45, 7) is 6.90. The first-order valence-electron chi connectivity index (χ1n) is 6.87. The van der Waals surface area contributed by atoms with Crippen molar-refractivity contribution in [2.24, 2.45) is 5.73 Å². The fourth-order valence-electron chi connectivity index (χ4n) is 1.95. The van der Waals surface area contributed by atoms with Crippen molar-refractivity contribution in [3.8, 4) is 11.5 Å². The van der Waals surface area contributed by atoms with Crippen molar-refractivity contribution in [2.75, 3.05) is 20.2 Å². The Morgan fingerprint density at radius 3 is 2.43 bits per heavy atom. The number of likely N-dealkylation sites (N-methyl/N-ethyl adjacent to an activating group) is 1. The Morgan fingerprint density at radius 1 is 1.33 bits per heavy atom. The first kappa shape index (κ1) is 17.2. The molecular formula is C15H22N2O3S. The van der Waals surface area contributed by atoms with E-state index >= 15 is 0 Å². The van der Waals surface area contributed by atoms with E-state index in [4.69, 9.17) is 27.4 Å². The van der Waals surface area contributed by atoms with E-state index < -0.39 is 6.10 Å². The molecule has 1 atom stereocenters. The van der Waals surface area contributed by atoms with Crippen molar-refractivity contribution in [3.63, 3.8) is 0 Å². The van der Waals surface area contributed by atoms with Crippen molar-refractivity contribution >= 4 is 23.1 Å². The normalized spacial score (nSPS) is 11.6. The molecule has 1 rings (SSSR count). The number of benzene rings is 1. The standard InChI is InChI=1S/C15H22N2O3S/c1-5-17(6-2)15(18)10(3)20-12-8-7-11(14(16)21)9-13(12)19-4/h7-10H,5-6H2,1-4H3,(H2,16,21). The maximum atomic E-state index is 12.2. The number of thiocarbonyl (C=S) groups is 1. The summed E-state index contributed by atoms with van der Waals surface area (Å²) in [6, 6.07) is 5.15. The molecule has 0 aliphatic rings. The highest BCUT2D eigenvalue weighted by atomic mass is 32.1. The summed E-state index contributed by atoms with van der Waals surface area (Å²) < 4.78 is 11.0. The highest BCUT2D eigenvalue weighted by Gasteiger charge is 2.21. The SMILES string of the molecule is CCN(CC)C(=O)C(C)Oc1ccc(C(N)=S)cc1OC. The average molecular weight is 310 g/mol. The maximum Gasteiger partial charge on any atom is 0.263 e. The van der Waals surface area contributed by atoms with Crippen LogP contribution < -0.4 is 15.2 Å². The van der Waals surface area contributed by atoms with Crippen molar-refractivity contribution in [1.29, 1.82) is 0 Å². The lowest BCUT2D eigenvalue weighted by Crippen LogP contribution is -2.40. The molecule has 21 heavy (non-hydrogen) atoms. The van der Waals surface area contributed by atoms with Crippen molar-refractivity contribution in [3.05, 3.63) is 23.8 Å². The number of methoxy groups -OCH3 is 1. The van der Waals surface area contributed by atoms with Gasteiger partial charge in [0.2, 0.25) is 0 Å². The number of carbonyl (C=O) groups is 1. The van der Waals surface area contributed by atoms with Gasteiger partial charge in [-0.15, -0.1) is 0 Å². The fraction of sp³-hybridized carbons (Fsp3) is 0.467. The molecule has 1 aromatic carbocycles. The van der Waals surface area contributed by atoms with Crippen LogP contribution in [0.2, 0.25) is 0 Å². The van der Waals surface area contributed by atoms with E-state index in [1.54, 1.807) is 30.0 Å². The van der Waals surface area contributed by atoms with E-state index in [0.717, 1.165) is 0 Å². The van der Waals surface area contributed by atoms with Crippen LogP contribution in [0.3, 0.4) is 0 Å². The Labute approximate surface area is 131 Å². The monoisotopic (exact) mass is 310 g/mol. The number of hydrogen-bond donors (Lipinski definition) is 1. The lowest BCUT2D eigenvalue weighted by atomic mass is 10.2. The number of amides is 1. The van der Waals surface area contributed by atoms with Gasteiger partial charge in [0.1, 0.15) is 4.99 Å². The van der Waals surface area contributed by atoms with Gasteiger partial charge in [-0.2, -0.15) is 0 Å². The average Bonchev–Trinajstić information content (AvgIpc) is 2.48. The van der Waals surface area contributed by atoms with Gasteiger partial charge in [-0.05, 0) is 39.0 Å². The smallest absolute Gasteiger partial charge is 0.263 e. The number of nitrogens with two attached hydrogens (primary N) is 1. The van der Waals surface area contributed by atoms with E-state index in [2.05, 4.69) is 0 Å². The van der Waals surface area contributed by atoms with Gasteiger partial charge in [0.05, 0.1) is 7.11 Å². The summed E-state index contributed by atoms with van der Waals surface area (Å²) in [5.41, 5.74) is 6.28. The highest BCUT2D eigenvalue weighted by molar-refractivity contribution is 7.80. The summed E-state index contributed by atoms with van der Waals surface area (Å²) >= 11 is 4.93. The second kappa shape index (κ2) is 7.83. The third-order valence-electron chi connectivity index (χ3n) is 3.17. The second-order valence-corrected chi connectivity index (χ2v) is 4.94. The lowest BCUT2D eigenvalue weighted by Gasteiger charge is -2.24. The minimum absolute atomic E-state index is 0.0551. The van der Waals surface area contributed by atoms with Gasteiger partial charge in [-0.1, -0.05) is 12.2 Å². The fourth-order valence-corrected chi connectivity index (χ4v) is 2.08. The van der Waals surface area contributed by atoms with Crippen LogP contribution in [0.15, 0.2) is 18.2 Å². The van der Waals surface area contributed by atoms with Crippen LogP contribution in [-0.4, -0.2) is 42.1 Å². The number of ether oxygens (including phenoxy) is 2. The first-order chi connectivity index (χ1) is 9.94. The molecule has 0 bridgehead atoms. The summed E-state index contributed by atoms with van der Waals surface area (Å²) in [6.07, 6.45) is -0.588. The summed E-state index contributed by atoms with van der Waals surface area (Å²) in [5, 5.41) is 0. The van der Waals surface area contributed by atoms with Crippen molar-refractivity contribution < 1.29 is 14.3 Å². The van der Waals surface area contributed by atoms with Crippen molar-refractivity contribution in [1.82, 2.24) is 4.90 Å². The minimum Gasteiger partial charge on any atom is -0.493 e. The van der Waals surface area contributed by atoms with Gasteiger partial charge < -0.3 is 20.1 Å². The molecule has 0 radical (unpaired) electrons. The van der Waals surface area contributed by atoms with E-state index in [1.165, 1.54) is 7.11 Å². The molecule has 1 unspecified atom stereocenters. The van der Waals surface area contributed by atoms with Gasteiger partial charge in [-0.25, -0.2) is 0 Å². The van der Waals surface area contributed by atoms with Gasteiger partial charge in [0.25, 0.3) is 5.91 Å². The lowest BCUT2D eigenvalue weighted by molar-refractivity contribution is -0.137. The molecule has 116 valence electrons. The minimum atomic E-state index is -0.588. The molecule has 0 spiro atoms. The van der Waals surface area contributed by atoms with E-state index in [-0.39, 0.29) is 10.9 Å². The number of carbonyl (C=O) groups excluding carboxylic acids is 1. The molecule has 0 aromatic heterocycles. The topological polar surface area (TPSA) is 64.8 Å². The van der Waals surface area contributed by atoms with Crippen LogP contribution in [0.5, 0.6) is 11.5 Å². The maximum absolute atomic E-state index is 12.2. The molecular weight excluding hydrogens is 288 g/mol. The summed E-state index contributed by atoms with van der Waals surface area (Å²) in [7, 11) is 1.53. The Morgan fingerprint density at radius 2 is 1.95 bits per heavy atom. The molecule has 2 N–H and O–H groups in total. The molecule has 0 aliphatic heterocycles. The summed E-state index contributed by atoms with van der Waals surface area (Å²) in [5.74, 6) is 0.936. The van der Waals surface area contributed by atoms with Crippen LogP contribution >= 0.6 is 12.2 Å². The Balaban J connectivity index is 2.92. The van der Waals surface area contributed by atoms with E-state index in [9.17, 15) is 4.79 Å². The Kier molecular flexibility index (Phi) is 6.42. The Bertz CT molecular complexity index is 516. The van der Waals surface area contributed by atoms with Crippen LogP contribution in [0, 0.1) is 0 Å². The zero-order chi connectivity index (χ0) is 16.0. The van der Waals surface area contributed by atoms with E-state index in [1.807, 2.05) is 13.8 Å². The quantitative estimate of drug-likeness (QED) is 0.780.